The third kappa shape index (κ3) is 11.0. The van der Waals surface area contributed by atoms with Crippen LogP contribution < -0.4 is 0 Å². The molecule has 0 saturated heterocycles. The number of rotatable bonds is 14. The zero-order valence-corrected chi connectivity index (χ0v) is 12.5. The number of aliphatic hydroxyl groups is 1. The number of hydrogen-bond acceptors (Lipinski definition) is 7. The first-order valence-electron chi connectivity index (χ1n) is 6.58. The molecule has 0 aliphatic carbocycles. The SMILES string of the molecule is COC(OCCOCCOCCOCCO)=C(C)C(=O)O. The molecule has 2 N–H and O–H groups in total. The normalized spacial score (nSPS) is 12.0. The van der Waals surface area contributed by atoms with E-state index in [0.29, 0.717) is 39.6 Å². The Kier molecular flexibility index (Phi) is 12.7. The lowest BCUT2D eigenvalue weighted by atomic mass is 10.3. The Morgan fingerprint density at radius 2 is 1.38 bits per heavy atom. The monoisotopic (exact) mass is 308 g/mol. The average Bonchev–Trinajstić information content (AvgIpc) is 2.48. The van der Waals surface area contributed by atoms with Gasteiger partial charge in [-0.1, -0.05) is 0 Å². The molecule has 0 aliphatic heterocycles. The smallest absolute Gasteiger partial charge is 0.338 e. The van der Waals surface area contributed by atoms with E-state index in [4.69, 9.17) is 33.9 Å². The lowest BCUT2D eigenvalue weighted by Crippen LogP contribution is -2.13. The van der Waals surface area contributed by atoms with Gasteiger partial charge in [-0.2, -0.15) is 0 Å². The van der Waals surface area contributed by atoms with Gasteiger partial charge in [0.05, 0.1) is 53.4 Å². The Morgan fingerprint density at radius 1 is 0.905 bits per heavy atom. The highest BCUT2D eigenvalue weighted by atomic mass is 16.7. The highest BCUT2D eigenvalue weighted by Crippen LogP contribution is 2.06. The van der Waals surface area contributed by atoms with Gasteiger partial charge in [0.2, 0.25) is 0 Å². The molecule has 0 saturated carbocycles. The summed E-state index contributed by atoms with van der Waals surface area (Å²) in [7, 11) is 1.34. The Balaban J connectivity index is 3.47. The van der Waals surface area contributed by atoms with Crippen molar-refractivity contribution in [1.29, 1.82) is 0 Å². The number of aliphatic carboxylic acids is 1. The second-order valence-corrected chi connectivity index (χ2v) is 3.83. The molecule has 0 aliphatic rings. The molecule has 8 nitrogen and oxygen atoms in total. The van der Waals surface area contributed by atoms with E-state index in [9.17, 15) is 4.79 Å². The van der Waals surface area contributed by atoms with Crippen molar-refractivity contribution in [2.45, 2.75) is 6.92 Å². The van der Waals surface area contributed by atoms with Crippen molar-refractivity contribution in [2.75, 3.05) is 60.0 Å². The zero-order chi connectivity index (χ0) is 15.9. The molecule has 0 atom stereocenters. The summed E-state index contributed by atoms with van der Waals surface area (Å²) in [6.45, 7) is 3.88. The van der Waals surface area contributed by atoms with Crippen LogP contribution in [0.3, 0.4) is 0 Å². The van der Waals surface area contributed by atoms with Crippen LogP contribution in [-0.2, 0) is 28.5 Å². The number of ether oxygens (including phenoxy) is 5. The summed E-state index contributed by atoms with van der Waals surface area (Å²) in [6.07, 6.45) is 0. The van der Waals surface area contributed by atoms with E-state index in [1.54, 1.807) is 0 Å². The molecule has 0 rings (SSSR count). The van der Waals surface area contributed by atoms with E-state index in [0.717, 1.165) is 0 Å². The van der Waals surface area contributed by atoms with Crippen molar-refractivity contribution in [3.05, 3.63) is 11.5 Å². The Bertz CT molecular complexity index is 303. The van der Waals surface area contributed by atoms with Crippen LogP contribution in [0.4, 0.5) is 0 Å². The minimum atomic E-state index is -1.09. The molecule has 0 spiro atoms. The molecule has 8 heteroatoms. The summed E-state index contributed by atoms with van der Waals surface area (Å²) in [6, 6.07) is 0. The quantitative estimate of drug-likeness (QED) is 0.263. The van der Waals surface area contributed by atoms with Gasteiger partial charge >= 0.3 is 5.97 Å². The second kappa shape index (κ2) is 13.6. The number of hydrogen-bond donors (Lipinski definition) is 2. The van der Waals surface area contributed by atoms with Gasteiger partial charge in [0.15, 0.2) is 0 Å². The molecule has 0 aromatic rings. The van der Waals surface area contributed by atoms with Crippen molar-refractivity contribution in [2.24, 2.45) is 0 Å². The van der Waals surface area contributed by atoms with E-state index >= 15 is 0 Å². The topological polar surface area (TPSA) is 104 Å². The van der Waals surface area contributed by atoms with Crippen molar-refractivity contribution in [1.82, 2.24) is 0 Å². The molecule has 0 heterocycles. The number of carbonyl (C=O) groups is 1. The van der Waals surface area contributed by atoms with Gasteiger partial charge in [-0.05, 0) is 6.92 Å². The molecular weight excluding hydrogens is 284 g/mol. The number of carboxylic acid groups (broad SMARTS) is 1. The van der Waals surface area contributed by atoms with Crippen molar-refractivity contribution >= 4 is 5.97 Å². The van der Waals surface area contributed by atoms with Crippen LogP contribution in [0.15, 0.2) is 11.5 Å². The largest absolute Gasteiger partial charge is 0.478 e. The zero-order valence-electron chi connectivity index (χ0n) is 12.5. The fraction of sp³-hybridized carbons (Fsp3) is 0.769. The summed E-state index contributed by atoms with van der Waals surface area (Å²) in [4.78, 5) is 10.7. The van der Waals surface area contributed by atoms with Crippen LogP contribution in [0.2, 0.25) is 0 Å². The maximum Gasteiger partial charge on any atom is 0.338 e. The molecule has 0 aromatic heterocycles. The summed E-state index contributed by atoms with van der Waals surface area (Å²) < 4.78 is 25.4. The first kappa shape index (κ1) is 19.7. The highest BCUT2D eigenvalue weighted by molar-refractivity contribution is 5.86. The van der Waals surface area contributed by atoms with Gasteiger partial charge in [-0.25, -0.2) is 4.79 Å². The first-order chi connectivity index (χ1) is 10.1. The first-order valence-corrected chi connectivity index (χ1v) is 6.58. The van der Waals surface area contributed by atoms with Gasteiger partial charge in [0.1, 0.15) is 12.2 Å². The molecule has 124 valence electrons. The molecule has 0 unspecified atom stereocenters. The van der Waals surface area contributed by atoms with E-state index in [1.807, 2.05) is 0 Å². The van der Waals surface area contributed by atoms with Crippen LogP contribution in [0.1, 0.15) is 6.92 Å². The number of methoxy groups -OCH3 is 1. The highest BCUT2D eigenvalue weighted by Gasteiger charge is 2.11. The fourth-order valence-corrected chi connectivity index (χ4v) is 1.21. The maximum atomic E-state index is 10.7. The fourth-order valence-electron chi connectivity index (χ4n) is 1.21. The predicted octanol–water partition coefficient (Wildman–Crippen LogP) is 0.00760. The average molecular weight is 308 g/mol. The molecular formula is C13H24O8. The standard InChI is InChI=1S/C13H24O8/c1-11(12(15)16)13(17-2)21-10-9-20-8-7-19-6-5-18-4-3-14/h14H,3-10H2,1-2H3,(H,15,16). The van der Waals surface area contributed by atoms with E-state index < -0.39 is 5.97 Å². The number of aliphatic hydroxyl groups excluding tert-OH is 1. The van der Waals surface area contributed by atoms with Gasteiger partial charge in [0, 0.05) is 0 Å². The molecule has 21 heavy (non-hydrogen) atoms. The van der Waals surface area contributed by atoms with Crippen LogP contribution in [0.25, 0.3) is 0 Å². The lowest BCUT2D eigenvalue weighted by molar-refractivity contribution is -0.133. The Morgan fingerprint density at radius 3 is 1.81 bits per heavy atom. The molecule has 0 fully saturated rings. The van der Waals surface area contributed by atoms with Crippen LogP contribution in [0, 0.1) is 0 Å². The molecule has 0 bridgehead atoms. The minimum Gasteiger partial charge on any atom is -0.478 e. The van der Waals surface area contributed by atoms with Gasteiger partial charge in [0.25, 0.3) is 5.95 Å². The third-order valence-electron chi connectivity index (χ3n) is 2.25. The molecule has 0 radical (unpaired) electrons. The third-order valence-corrected chi connectivity index (χ3v) is 2.25. The molecule has 0 aromatic carbocycles. The van der Waals surface area contributed by atoms with Gasteiger partial charge < -0.3 is 33.9 Å². The maximum absolute atomic E-state index is 10.7. The summed E-state index contributed by atoms with van der Waals surface area (Å²) in [5, 5.41) is 17.2. The van der Waals surface area contributed by atoms with Crippen molar-refractivity contribution < 1.29 is 38.7 Å². The van der Waals surface area contributed by atoms with Crippen LogP contribution in [0.5, 0.6) is 0 Å². The second-order valence-electron chi connectivity index (χ2n) is 3.83. The van der Waals surface area contributed by atoms with E-state index in [-0.39, 0.29) is 24.7 Å². The van der Waals surface area contributed by atoms with Crippen molar-refractivity contribution in [3.8, 4) is 0 Å². The summed E-state index contributed by atoms with van der Waals surface area (Å²) >= 11 is 0. The van der Waals surface area contributed by atoms with Crippen LogP contribution in [-0.4, -0.2) is 76.1 Å². The minimum absolute atomic E-state index is 0.00235. The van der Waals surface area contributed by atoms with Gasteiger partial charge in [-0.3, -0.25) is 0 Å². The summed E-state index contributed by atoms with van der Waals surface area (Å²) in [5.41, 5.74) is 0.00344. The predicted molar refractivity (Wildman–Crippen MR) is 72.8 cm³/mol. The Hall–Kier alpha value is -1.35. The Labute approximate surface area is 124 Å². The van der Waals surface area contributed by atoms with E-state index in [1.165, 1.54) is 14.0 Å². The van der Waals surface area contributed by atoms with Gasteiger partial charge in [-0.15, -0.1) is 0 Å². The van der Waals surface area contributed by atoms with Crippen LogP contribution >= 0.6 is 0 Å². The van der Waals surface area contributed by atoms with Crippen molar-refractivity contribution in [3.63, 3.8) is 0 Å². The lowest BCUT2D eigenvalue weighted by Gasteiger charge is -2.11. The number of carboxylic acids is 1. The summed E-state index contributed by atoms with van der Waals surface area (Å²) in [5.74, 6) is -1.12. The van der Waals surface area contributed by atoms with E-state index in [2.05, 4.69) is 0 Å². The molecule has 0 amide bonds.